The van der Waals surface area contributed by atoms with Gasteiger partial charge in [-0.25, -0.2) is 0 Å². The van der Waals surface area contributed by atoms with E-state index in [-0.39, 0.29) is 5.91 Å². The maximum absolute atomic E-state index is 11.6. The molecule has 0 aliphatic carbocycles. The Morgan fingerprint density at radius 2 is 2.35 bits per heavy atom. The van der Waals surface area contributed by atoms with Crippen LogP contribution in [0.2, 0.25) is 0 Å². The summed E-state index contributed by atoms with van der Waals surface area (Å²) >= 11 is 1.69. The molecule has 0 saturated carbocycles. The van der Waals surface area contributed by atoms with Crippen molar-refractivity contribution >= 4 is 17.7 Å². The molecule has 0 aliphatic heterocycles. The second-order valence-electron chi connectivity index (χ2n) is 3.91. The molecule has 0 radical (unpaired) electrons. The SMILES string of the molecule is CSCC[C@@H](N)C(=O)NCc1ccc(C)nc1. The number of rotatable bonds is 6. The molecular formula is C12H19N3OS. The van der Waals surface area contributed by atoms with Crippen LogP contribution in [0.15, 0.2) is 18.3 Å². The first-order chi connectivity index (χ1) is 8.13. The lowest BCUT2D eigenvalue weighted by Gasteiger charge is -2.11. The average Bonchev–Trinajstić information content (AvgIpc) is 2.34. The van der Waals surface area contributed by atoms with Gasteiger partial charge in [0.05, 0.1) is 6.04 Å². The van der Waals surface area contributed by atoms with E-state index >= 15 is 0 Å². The van der Waals surface area contributed by atoms with Gasteiger partial charge < -0.3 is 11.1 Å². The lowest BCUT2D eigenvalue weighted by atomic mass is 10.2. The number of hydrogen-bond acceptors (Lipinski definition) is 4. The van der Waals surface area contributed by atoms with Crippen LogP contribution in [-0.4, -0.2) is 28.9 Å². The van der Waals surface area contributed by atoms with E-state index in [0.717, 1.165) is 17.0 Å². The normalized spacial score (nSPS) is 12.2. The van der Waals surface area contributed by atoms with E-state index in [0.29, 0.717) is 13.0 Å². The molecule has 1 aromatic heterocycles. The summed E-state index contributed by atoms with van der Waals surface area (Å²) in [7, 11) is 0. The number of nitrogens with two attached hydrogens (primary N) is 1. The lowest BCUT2D eigenvalue weighted by Crippen LogP contribution is -2.40. The maximum atomic E-state index is 11.6. The Labute approximate surface area is 106 Å². The quantitative estimate of drug-likeness (QED) is 0.796. The molecule has 0 aromatic carbocycles. The fourth-order valence-electron chi connectivity index (χ4n) is 1.30. The maximum Gasteiger partial charge on any atom is 0.237 e. The predicted molar refractivity (Wildman–Crippen MR) is 71.8 cm³/mol. The van der Waals surface area contributed by atoms with Gasteiger partial charge in [-0.15, -0.1) is 0 Å². The van der Waals surface area contributed by atoms with Crippen molar-refractivity contribution in [2.24, 2.45) is 5.73 Å². The minimum absolute atomic E-state index is 0.0976. The molecule has 5 heteroatoms. The highest BCUT2D eigenvalue weighted by Crippen LogP contribution is 2.01. The molecule has 1 amide bonds. The number of nitrogens with zero attached hydrogens (tertiary/aromatic N) is 1. The van der Waals surface area contributed by atoms with Crippen LogP contribution in [0.25, 0.3) is 0 Å². The molecule has 3 N–H and O–H groups in total. The van der Waals surface area contributed by atoms with Gasteiger partial charge in [-0.05, 0) is 37.0 Å². The Kier molecular flexibility index (Phi) is 6.00. The van der Waals surface area contributed by atoms with Crippen LogP contribution in [0, 0.1) is 6.92 Å². The van der Waals surface area contributed by atoms with Crippen molar-refractivity contribution in [3.8, 4) is 0 Å². The first-order valence-corrected chi connectivity index (χ1v) is 6.96. The zero-order valence-electron chi connectivity index (χ0n) is 10.3. The summed E-state index contributed by atoms with van der Waals surface area (Å²) in [6, 6.07) is 3.46. The fraction of sp³-hybridized carbons (Fsp3) is 0.500. The zero-order valence-corrected chi connectivity index (χ0v) is 11.1. The van der Waals surface area contributed by atoms with E-state index in [2.05, 4.69) is 10.3 Å². The highest BCUT2D eigenvalue weighted by Gasteiger charge is 2.11. The van der Waals surface area contributed by atoms with Crippen molar-refractivity contribution in [2.45, 2.75) is 25.9 Å². The number of nitrogens with one attached hydrogen (secondary N) is 1. The topological polar surface area (TPSA) is 68.0 Å². The number of aryl methyl sites for hydroxylation is 1. The van der Waals surface area contributed by atoms with E-state index in [1.165, 1.54) is 0 Å². The summed E-state index contributed by atoms with van der Waals surface area (Å²) in [6.45, 7) is 2.42. The molecule has 0 bridgehead atoms. The summed E-state index contributed by atoms with van der Waals surface area (Å²) in [5.41, 5.74) is 7.71. The minimum atomic E-state index is -0.416. The van der Waals surface area contributed by atoms with Crippen molar-refractivity contribution in [2.75, 3.05) is 12.0 Å². The summed E-state index contributed by atoms with van der Waals surface area (Å²) in [4.78, 5) is 15.8. The van der Waals surface area contributed by atoms with Crippen LogP contribution in [-0.2, 0) is 11.3 Å². The summed E-state index contributed by atoms with van der Waals surface area (Å²) in [5, 5.41) is 2.81. The molecule has 1 aromatic rings. The van der Waals surface area contributed by atoms with Gasteiger partial charge in [-0.3, -0.25) is 9.78 Å². The van der Waals surface area contributed by atoms with Gasteiger partial charge in [-0.1, -0.05) is 6.07 Å². The molecule has 0 aliphatic rings. The van der Waals surface area contributed by atoms with Crippen molar-refractivity contribution in [3.63, 3.8) is 0 Å². The monoisotopic (exact) mass is 253 g/mol. The van der Waals surface area contributed by atoms with E-state index < -0.39 is 6.04 Å². The van der Waals surface area contributed by atoms with Crippen LogP contribution in [0.4, 0.5) is 0 Å². The van der Waals surface area contributed by atoms with Crippen LogP contribution >= 0.6 is 11.8 Å². The molecule has 1 rings (SSSR count). The Hall–Kier alpha value is -1.07. The van der Waals surface area contributed by atoms with Crippen molar-refractivity contribution < 1.29 is 4.79 Å². The number of thioether (sulfide) groups is 1. The summed E-state index contributed by atoms with van der Waals surface area (Å²) < 4.78 is 0. The third-order valence-corrected chi connectivity index (χ3v) is 3.05. The minimum Gasteiger partial charge on any atom is -0.351 e. The average molecular weight is 253 g/mol. The Morgan fingerprint density at radius 3 is 2.94 bits per heavy atom. The van der Waals surface area contributed by atoms with E-state index in [4.69, 9.17) is 5.73 Å². The number of carbonyl (C=O) groups is 1. The number of carbonyl (C=O) groups excluding carboxylic acids is 1. The van der Waals surface area contributed by atoms with E-state index in [1.54, 1.807) is 18.0 Å². The van der Waals surface area contributed by atoms with E-state index in [9.17, 15) is 4.79 Å². The van der Waals surface area contributed by atoms with Gasteiger partial charge in [-0.2, -0.15) is 11.8 Å². The molecule has 94 valence electrons. The number of aromatic nitrogens is 1. The number of amides is 1. The van der Waals surface area contributed by atoms with Gasteiger partial charge >= 0.3 is 0 Å². The standard InChI is InChI=1S/C12H19N3OS/c1-9-3-4-10(7-14-9)8-15-12(16)11(13)5-6-17-2/h3-4,7,11H,5-6,8,13H2,1-2H3,(H,15,16)/t11-/m1/s1. The van der Waals surface area contributed by atoms with Crippen LogP contribution in [0.1, 0.15) is 17.7 Å². The third kappa shape index (κ3) is 5.19. The molecule has 0 unspecified atom stereocenters. The predicted octanol–water partition coefficient (Wildman–Crippen LogP) is 1.09. The molecule has 4 nitrogen and oxygen atoms in total. The molecule has 1 heterocycles. The summed E-state index contributed by atoms with van der Waals surface area (Å²) in [5.74, 6) is 0.806. The van der Waals surface area contributed by atoms with Gasteiger partial charge in [0.15, 0.2) is 0 Å². The van der Waals surface area contributed by atoms with E-state index in [1.807, 2.05) is 25.3 Å². The highest BCUT2D eigenvalue weighted by molar-refractivity contribution is 7.98. The molecular weight excluding hydrogens is 234 g/mol. The second-order valence-corrected chi connectivity index (χ2v) is 4.90. The lowest BCUT2D eigenvalue weighted by molar-refractivity contribution is -0.122. The molecule has 0 spiro atoms. The first-order valence-electron chi connectivity index (χ1n) is 5.57. The van der Waals surface area contributed by atoms with Gasteiger partial charge in [0.25, 0.3) is 0 Å². The van der Waals surface area contributed by atoms with Crippen molar-refractivity contribution in [3.05, 3.63) is 29.6 Å². The number of pyridine rings is 1. The van der Waals surface area contributed by atoms with Gasteiger partial charge in [0.1, 0.15) is 0 Å². The molecule has 17 heavy (non-hydrogen) atoms. The van der Waals surface area contributed by atoms with Crippen LogP contribution < -0.4 is 11.1 Å². The molecule has 0 fully saturated rings. The van der Waals surface area contributed by atoms with Gasteiger partial charge in [0, 0.05) is 18.4 Å². The highest BCUT2D eigenvalue weighted by atomic mass is 32.2. The smallest absolute Gasteiger partial charge is 0.237 e. The Morgan fingerprint density at radius 1 is 1.59 bits per heavy atom. The van der Waals surface area contributed by atoms with Gasteiger partial charge in [0.2, 0.25) is 5.91 Å². The summed E-state index contributed by atoms with van der Waals surface area (Å²) in [6.07, 6.45) is 4.48. The van der Waals surface area contributed by atoms with Crippen molar-refractivity contribution in [1.29, 1.82) is 0 Å². The fourth-order valence-corrected chi connectivity index (χ4v) is 1.79. The Balaban J connectivity index is 2.34. The number of hydrogen-bond donors (Lipinski definition) is 2. The molecule has 0 saturated heterocycles. The largest absolute Gasteiger partial charge is 0.351 e. The first kappa shape index (κ1) is 14.0. The zero-order chi connectivity index (χ0) is 12.7. The van der Waals surface area contributed by atoms with Crippen LogP contribution in [0.5, 0.6) is 0 Å². The Bertz CT molecular complexity index is 353. The van der Waals surface area contributed by atoms with Crippen LogP contribution in [0.3, 0.4) is 0 Å². The molecule has 1 atom stereocenters. The second kappa shape index (κ2) is 7.29. The third-order valence-electron chi connectivity index (χ3n) is 2.41. The van der Waals surface area contributed by atoms with Crippen molar-refractivity contribution in [1.82, 2.24) is 10.3 Å².